The standard InChI is InChI=1S/C59H63N17O9S4/c1-7-75(8-2)39-22-24-45(71-73-57-62-32-42(87-57)30-43(33(5)77)52(81)63-37-18-14-16-35(26-37)50(60)79)47(28-39)65-55-68-56(70-58(69-55)86-41-20-12-11-13-21-41)66-48-29-40(76(9-3)10-4)23-25-46(48)72-74-59-67-54(89(83,84)85)49(88-59)31-44(34(6)78)53(82)64-38-19-15-17-36(27-38)51(61)80/h14-19,22-32,41H,7-13,20-21H2,1-6H3,(H2,60,79)(H2,61,80)(H,63,81)(H,64,82)(H,83,84,85)(H2,65,66,68,69,70)/b43-30+,44-31-,73-71+,74-72+. The van der Waals surface area contributed by atoms with Crippen molar-refractivity contribution in [2.75, 3.05) is 57.2 Å². The Labute approximate surface area is 524 Å². The lowest BCUT2D eigenvalue weighted by molar-refractivity contribution is -0.120. The Bertz CT molecular complexity index is 4080. The maximum Gasteiger partial charge on any atom is 0.313 e. The molecule has 26 nitrogen and oxygen atoms in total. The van der Waals surface area contributed by atoms with Gasteiger partial charge in [-0.2, -0.15) is 23.4 Å². The Morgan fingerprint density at radius 2 is 1.13 bits per heavy atom. The first kappa shape index (κ1) is 65.5. The third-order valence-electron chi connectivity index (χ3n) is 13.6. The zero-order chi connectivity index (χ0) is 63.9. The summed E-state index contributed by atoms with van der Waals surface area (Å²) in [6.45, 7) is 13.1. The van der Waals surface area contributed by atoms with E-state index in [0.717, 1.165) is 67.8 Å². The van der Waals surface area contributed by atoms with Crippen LogP contribution in [0.4, 0.5) is 67.7 Å². The minimum atomic E-state index is -5.06. The normalized spacial score (nSPS) is 13.1. The van der Waals surface area contributed by atoms with Crippen molar-refractivity contribution in [3.63, 3.8) is 0 Å². The number of hydrogen-bond acceptors (Lipinski definition) is 24. The van der Waals surface area contributed by atoms with Crippen LogP contribution in [0.3, 0.4) is 0 Å². The van der Waals surface area contributed by atoms with Gasteiger partial charge in [-0.3, -0.25) is 33.3 Å². The molecule has 0 atom stereocenters. The van der Waals surface area contributed by atoms with E-state index in [1.807, 2.05) is 52.0 Å². The van der Waals surface area contributed by atoms with Crippen LogP contribution in [-0.4, -0.2) is 105 Å². The molecule has 3 aromatic heterocycles. The van der Waals surface area contributed by atoms with E-state index in [2.05, 4.69) is 61.5 Å². The number of benzene rings is 4. The zero-order valence-corrected chi connectivity index (χ0v) is 52.4. The van der Waals surface area contributed by atoms with Gasteiger partial charge in [0, 0.05) is 71.5 Å². The molecule has 7 aromatic rings. The van der Waals surface area contributed by atoms with Crippen LogP contribution in [0, 0.1) is 0 Å². The van der Waals surface area contributed by atoms with Gasteiger partial charge in [0.1, 0.15) is 11.4 Å². The van der Waals surface area contributed by atoms with E-state index in [-0.39, 0.29) is 66.0 Å². The van der Waals surface area contributed by atoms with Crippen molar-refractivity contribution in [1.29, 1.82) is 0 Å². The second-order valence-electron chi connectivity index (χ2n) is 19.8. The van der Waals surface area contributed by atoms with Gasteiger partial charge in [0.25, 0.3) is 11.8 Å². The van der Waals surface area contributed by atoms with Crippen molar-refractivity contribution in [2.24, 2.45) is 31.9 Å². The largest absolute Gasteiger partial charge is 0.372 e. The van der Waals surface area contributed by atoms with Crippen LogP contribution in [0.2, 0.25) is 0 Å². The lowest BCUT2D eigenvalue weighted by atomic mass is 10.0. The van der Waals surface area contributed by atoms with E-state index in [1.165, 1.54) is 67.4 Å². The van der Waals surface area contributed by atoms with Crippen LogP contribution < -0.4 is 42.5 Å². The lowest BCUT2D eigenvalue weighted by Gasteiger charge is -2.23. The molecule has 30 heteroatoms. The predicted molar refractivity (Wildman–Crippen MR) is 346 cm³/mol. The molecule has 0 spiro atoms. The van der Waals surface area contributed by atoms with Crippen molar-refractivity contribution in [2.45, 2.75) is 89.1 Å². The van der Waals surface area contributed by atoms with E-state index in [9.17, 15) is 41.7 Å². The van der Waals surface area contributed by atoms with Gasteiger partial charge in [0.05, 0.1) is 32.3 Å². The van der Waals surface area contributed by atoms with Gasteiger partial charge in [-0.15, -0.1) is 20.5 Å². The van der Waals surface area contributed by atoms with Crippen molar-refractivity contribution in [3.05, 3.63) is 123 Å². The third-order valence-corrected chi connectivity index (χ3v) is 17.5. The summed E-state index contributed by atoms with van der Waals surface area (Å²) in [5.74, 6) is -4.09. The Balaban J connectivity index is 1.13. The van der Waals surface area contributed by atoms with Crippen LogP contribution in [0.5, 0.6) is 0 Å². The highest BCUT2D eigenvalue weighted by molar-refractivity contribution is 7.99. The Kier molecular flexibility index (Phi) is 22.0. The highest BCUT2D eigenvalue weighted by atomic mass is 32.2. The monoisotopic (exact) mass is 1280 g/mol. The molecule has 3 heterocycles. The number of anilines is 8. The number of primary amides is 2. The first-order valence-corrected chi connectivity index (χ1v) is 32.0. The van der Waals surface area contributed by atoms with E-state index in [4.69, 9.17) is 26.4 Å². The van der Waals surface area contributed by atoms with Gasteiger partial charge < -0.3 is 42.5 Å². The number of thioether (sulfide) groups is 1. The number of azo groups is 2. The fourth-order valence-corrected chi connectivity index (χ4v) is 12.7. The summed E-state index contributed by atoms with van der Waals surface area (Å²) < 4.78 is 35.8. The number of ketones is 2. The molecule has 0 saturated heterocycles. The number of thiazole rings is 2. The number of aromatic nitrogens is 5. The summed E-state index contributed by atoms with van der Waals surface area (Å²) in [5, 5.41) is 29.4. The zero-order valence-electron chi connectivity index (χ0n) is 49.2. The van der Waals surface area contributed by atoms with E-state index in [0.29, 0.717) is 64.6 Å². The van der Waals surface area contributed by atoms with Gasteiger partial charge in [0.15, 0.2) is 16.7 Å². The van der Waals surface area contributed by atoms with Gasteiger partial charge >= 0.3 is 10.1 Å². The second kappa shape index (κ2) is 29.9. The number of rotatable bonds is 27. The predicted octanol–water partition coefficient (Wildman–Crippen LogP) is 11.9. The average Bonchev–Trinajstić information content (AvgIpc) is 3.11. The van der Waals surface area contributed by atoms with Crippen LogP contribution in [0.25, 0.3) is 12.2 Å². The Hall–Kier alpha value is -9.49. The van der Waals surface area contributed by atoms with E-state index < -0.39 is 55.9 Å². The molecule has 1 fully saturated rings. The maximum atomic E-state index is 13.5. The third kappa shape index (κ3) is 17.6. The summed E-state index contributed by atoms with van der Waals surface area (Å²) >= 11 is 3.25. The first-order valence-electron chi connectivity index (χ1n) is 28.0. The van der Waals surface area contributed by atoms with Crippen molar-refractivity contribution >= 4 is 160 Å². The fourth-order valence-electron chi connectivity index (χ4n) is 9.12. The molecular formula is C59H63N17O9S4. The number of nitrogens with two attached hydrogens (primary N) is 2. The molecule has 4 amide bonds. The molecular weight excluding hydrogens is 1220 g/mol. The first-order chi connectivity index (χ1) is 42.6. The van der Waals surface area contributed by atoms with Gasteiger partial charge in [-0.05, 0) is 139 Å². The highest BCUT2D eigenvalue weighted by Gasteiger charge is 2.26. The minimum Gasteiger partial charge on any atom is -0.372 e. The minimum absolute atomic E-state index is 0.0867. The number of nitrogens with zero attached hydrogens (tertiary/aromatic N) is 11. The van der Waals surface area contributed by atoms with Crippen molar-refractivity contribution < 1.29 is 41.7 Å². The Morgan fingerprint density at radius 1 is 0.640 bits per heavy atom. The summed E-state index contributed by atoms with van der Waals surface area (Å²) in [5.41, 5.74) is 13.9. The second-order valence-corrected chi connectivity index (χ2v) is 24.4. The average molecular weight is 1280 g/mol. The molecule has 9 N–H and O–H groups in total. The van der Waals surface area contributed by atoms with E-state index >= 15 is 0 Å². The smallest absolute Gasteiger partial charge is 0.313 e. The van der Waals surface area contributed by atoms with E-state index in [1.54, 1.807) is 24.3 Å². The van der Waals surface area contributed by atoms with Crippen LogP contribution in [-0.2, 0) is 29.3 Å². The molecule has 89 heavy (non-hydrogen) atoms. The van der Waals surface area contributed by atoms with Crippen LogP contribution in [0.15, 0.2) is 133 Å². The summed E-state index contributed by atoms with van der Waals surface area (Å²) in [7, 11) is -5.06. The summed E-state index contributed by atoms with van der Waals surface area (Å²) in [6.07, 6.45) is 8.99. The molecule has 462 valence electrons. The molecule has 0 aliphatic heterocycles. The van der Waals surface area contributed by atoms with Gasteiger partial charge in [-0.1, -0.05) is 65.8 Å². The molecule has 1 aliphatic carbocycles. The number of hydrogen-bond donors (Lipinski definition) is 7. The maximum absolute atomic E-state index is 13.5. The van der Waals surface area contributed by atoms with Crippen LogP contribution in [0.1, 0.15) is 104 Å². The highest BCUT2D eigenvalue weighted by Crippen LogP contribution is 2.40. The molecule has 1 aliphatic rings. The quantitative estimate of drug-likeness (QED) is 0.00826. The van der Waals surface area contributed by atoms with Gasteiger partial charge in [-0.25, -0.2) is 9.97 Å². The fraction of sp³-hybridized carbons (Fsp3) is 0.271. The molecule has 0 bridgehead atoms. The number of Topliss-reactive ketones (excluding diaryl/α,β-unsaturated/α-hetero) is 2. The van der Waals surface area contributed by atoms with Crippen molar-refractivity contribution in [3.8, 4) is 0 Å². The van der Waals surface area contributed by atoms with Gasteiger partial charge in [0.2, 0.25) is 39.0 Å². The molecule has 4 aromatic carbocycles. The molecule has 1 saturated carbocycles. The topological polar surface area (TPSA) is 377 Å². The Morgan fingerprint density at radius 3 is 1.61 bits per heavy atom. The number of carbonyl (C=O) groups excluding carboxylic acids is 6. The summed E-state index contributed by atoms with van der Waals surface area (Å²) in [6, 6.07) is 22.7. The SMILES string of the molecule is CCN(CC)c1ccc(/N=N/c2ncc(/C=C(\C(C)=O)C(=O)Nc3cccc(C(N)=O)c3)s2)c(Nc2nc(Nc3cc(N(CC)CC)ccc3/N=N/c3nc(S(=O)(=O)O)c(/C=C(/C(C)=O)C(=O)Nc4cccc(C(N)=O)c4)s3)nc(SC3CCCCC3)n2)c1. The summed E-state index contributed by atoms with van der Waals surface area (Å²) in [4.78, 5) is 104. The number of amides is 4. The van der Waals surface area contributed by atoms with Crippen molar-refractivity contribution in [1.82, 2.24) is 24.9 Å². The number of carbonyl (C=O) groups is 6. The molecule has 0 radical (unpaired) electrons. The lowest BCUT2D eigenvalue weighted by Crippen LogP contribution is -2.21. The molecule has 8 rings (SSSR count). The molecule has 0 unspecified atom stereocenters. The number of nitrogens with one attached hydrogen (secondary N) is 4. The van der Waals surface area contributed by atoms with Crippen LogP contribution >= 0.6 is 34.4 Å².